The lowest BCUT2D eigenvalue weighted by molar-refractivity contribution is -0.155. The monoisotopic (exact) mass is 945 g/mol. The van der Waals surface area contributed by atoms with Crippen LogP contribution in [-0.2, 0) is 54.6 Å². The first-order chi connectivity index (χ1) is 32.7. The van der Waals surface area contributed by atoms with Gasteiger partial charge in [0.15, 0.2) is 0 Å². The van der Waals surface area contributed by atoms with Gasteiger partial charge in [-0.15, -0.1) is 0 Å². The van der Waals surface area contributed by atoms with Crippen LogP contribution in [0.5, 0.6) is 5.75 Å². The number of ether oxygens (including phenoxy) is 1. The number of phenols is 1. The molecular weight excluding hydrogens is 873 g/mol. The Morgan fingerprint density at radius 1 is 1.03 bits per heavy atom. The van der Waals surface area contributed by atoms with E-state index >= 15 is 0 Å². The summed E-state index contributed by atoms with van der Waals surface area (Å²) in [5.74, 6) is -2.68. The van der Waals surface area contributed by atoms with E-state index in [1.54, 1.807) is 24.1 Å². The Labute approximate surface area is 407 Å². The van der Waals surface area contributed by atoms with Gasteiger partial charge in [-0.25, -0.2) is 5.43 Å². The highest BCUT2D eigenvalue weighted by Gasteiger charge is 2.40. The number of hydrogen-bond donors (Lipinski definition) is 3. The minimum absolute atomic E-state index is 0.00195. The third-order valence-corrected chi connectivity index (χ3v) is 13.8. The molecule has 4 atom stereocenters. The second-order valence-electron chi connectivity index (χ2n) is 21.0. The minimum Gasteiger partial charge on any atom is -0.508 e. The third kappa shape index (κ3) is 11.0. The van der Waals surface area contributed by atoms with Crippen LogP contribution >= 0.6 is 0 Å². The van der Waals surface area contributed by atoms with Crippen molar-refractivity contribution < 1.29 is 33.8 Å². The summed E-state index contributed by atoms with van der Waals surface area (Å²) in [6, 6.07) is 10.9. The summed E-state index contributed by atoms with van der Waals surface area (Å²) in [4.78, 5) is 79.9. The Morgan fingerprint density at radius 3 is 2.46 bits per heavy atom. The molecule has 2 aromatic heterocycles. The molecule has 2 fully saturated rings. The average Bonchev–Trinajstić information content (AvgIpc) is 3.92. The van der Waals surface area contributed by atoms with Gasteiger partial charge in [0.2, 0.25) is 17.7 Å². The van der Waals surface area contributed by atoms with Gasteiger partial charge in [0.25, 0.3) is 5.91 Å². The fourth-order valence-electron chi connectivity index (χ4n) is 10.5. The zero-order valence-corrected chi connectivity index (χ0v) is 42.2. The summed E-state index contributed by atoms with van der Waals surface area (Å²) in [6.45, 7) is 20.4. The van der Waals surface area contributed by atoms with E-state index in [-0.39, 0.29) is 55.5 Å². The Kier molecular flexibility index (Phi) is 15.4. The molecule has 0 spiro atoms. The molecule has 5 heterocycles. The van der Waals surface area contributed by atoms with Crippen molar-refractivity contribution in [2.75, 3.05) is 47.4 Å². The van der Waals surface area contributed by atoms with Crippen molar-refractivity contribution in [1.82, 2.24) is 40.0 Å². The predicted molar refractivity (Wildman–Crippen MR) is 268 cm³/mol. The normalized spacial score (nSPS) is 20.3. The number of aromatic hydroxyl groups is 1. The van der Waals surface area contributed by atoms with Gasteiger partial charge in [0.1, 0.15) is 23.9 Å². The number of carbonyl (C=O) groups excluding carboxylic acids is 5. The molecule has 7 rings (SSSR count). The van der Waals surface area contributed by atoms with E-state index in [0.29, 0.717) is 44.3 Å². The highest BCUT2D eigenvalue weighted by Crippen LogP contribution is 2.42. The lowest BCUT2D eigenvalue weighted by Gasteiger charge is -2.37. The standard InChI is InChI=1S/C54H72N8O7/c1-12-46(64)60-20-18-37(30-60)51(66)59(11)48(33(5)6)50(65)56-44-24-34-21-38(25-39(63)22-34)36-16-17-45-40(26-36)42(27-54(7,8)31-69-53(68)43-15-14-19-62(57-43)52(44)67)49(61(45)13-2)41-23-35(29-58(9)10)28-55-47(41)32(3)4/h12,16-17,21-23,25-26,28,32-33,37,43-44,48,57,63H,1,13-15,18-20,24,27,29-31H2,2-11H3,(H,56,65)/t37-,43-,44-,48-/m0/s1. The molecule has 0 unspecified atom stereocenters. The number of hydrazine groups is 1. The molecule has 3 N–H and O–H groups in total. The molecule has 2 saturated heterocycles. The first-order valence-electron chi connectivity index (χ1n) is 24.5. The number of benzene rings is 2. The van der Waals surface area contributed by atoms with E-state index in [1.165, 1.54) is 16.0 Å². The number of aryl methyl sites for hydroxylation is 1. The highest BCUT2D eigenvalue weighted by molar-refractivity contribution is 5.96. The van der Waals surface area contributed by atoms with E-state index < -0.39 is 47.2 Å². The summed E-state index contributed by atoms with van der Waals surface area (Å²) < 4.78 is 8.52. The molecule has 3 aliphatic heterocycles. The van der Waals surface area contributed by atoms with Crippen molar-refractivity contribution >= 4 is 40.5 Å². The number of aromatic nitrogens is 2. The number of nitrogens with zero attached hydrogens (tertiary/aromatic N) is 6. The molecule has 15 nitrogen and oxygen atoms in total. The maximum Gasteiger partial charge on any atom is 0.324 e. The van der Waals surface area contributed by atoms with E-state index in [0.717, 1.165) is 56.7 Å². The summed E-state index contributed by atoms with van der Waals surface area (Å²) in [5, 5.41) is 16.8. The van der Waals surface area contributed by atoms with E-state index in [4.69, 9.17) is 9.72 Å². The van der Waals surface area contributed by atoms with Gasteiger partial charge >= 0.3 is 5.97 Å². The quantitative estimate of drug-likeness (QED) is 0.112. The molecule has 4 amide bonds. The number of hydrogen-bond acceptors (Lipinski definition) is 10. The van der Waals surface area contributed by atoms with Crippen molar-refractivity contribution in [1.29, 1.82) is 0 Å². The molecule has 3 aliphatic rings. The summed E-state index contributed by atoms with van der Waals surface area (Å²) in [7, 11) is 5.68. The van der Waals surface area contributed by atoms with Crippen LogP contribution in [0.4, 0.5) is 0 Å². The average molecular weight is 945 g/mol. The second-order valence-corrected chi connectivity index (χ2v) is 21.0. The Morgan fingerprint density at radius 2 is 1.78 bits per heavy atom. The molecule has 15 heteroatoms. The maximum absolute atomic E-state index is 14.8. The van der Waals surface area contributed by atoms with Gasteiger partial charge in [-0.3, -0.25) is 34.0 Å². The van der Waals surface area contributed by atoms with Crippen molar-refractivity contribution in [3.63, 3.8) is 0 Å². The number of nitrogens with one attached hydrogen (secondary N) is 2. The lowest BCUT2D eigenvalue weighted by atomic mass is 9.83. The van der Waals surface area contributed by atoms with Gasteiger partial charge in [0.05, 0.1) is 23.9 Å². The Bertz CT molecular complexity index is 2620. The van der Waals surface area contributed by atoms with Gasteiger partial charge in [-0.2, -0.15) is 0 Å². The topological polar surface area (TPSA) is 170 Å². The van der Waals surface area contributed by atoms with Crippen LogP contribution in [0.25, 0.3) is 33.3 Å². The predicted octanol–water partition coefficient (Wildman–Crippen LogP) is 6.45. The van der Waals surface area contributed by atoms with Gasteiger partial charge in [-0.1, -0.05) is 60.3 Å². The zero-order valence-electron chi connectivity index (χ0n) is 42.2. The first kappa shape index (κ1) is 50.8. The number of amides is 4. The number of likely N-dealkylation sites (N-methyl/N-ethyl adjacent to an activating group) is 1. The molecule has 6 bridgehead atoms. The fraction of sp³-hybridized carbons (Fsp3) is 0.519. The van der Waals surface area contributed by atoms with Crippen LogP contribution < -0.4 is 10.7 Å². The number of pyridine rings is 1. The van der Waals surface area contributed by atoms with E-state index in [9.17, 15) is 29.1 Å². The molecule has 0 saturated carbocycles. The largest absolute Gasteiger partial charge is 0.508 e. The molecule has 0 radical (unpaired) electrons. The highest BCUT2D eigenvalue weighted by atomic mass is 16.5. The van der Waals surface area contributed by atoms with Crippen molar-refractivity contribution in [3.05, 3.63) is 83.7 Å². The number of phenolic OH excluding ortho intramolecular Hbond substituents is 1. The van der Waals surface area contributed by atoms with Crippen LogP contribution in [0, 0.1) is 17.3 Å². The van der Waals surface area contributed by atoms with Crippen LogP contribution in [0.3, 0.4) is 0 Å². The van der Waals surface area contributed by atoms with Gasteiger partial charge in [0, 0.05) is 74.3 Å². The number of likely N-dealkylation sites (tertiary alicyclic amines) is 1. The van der Waals surface area contributed by atoms with Crippen LogP contribution in [-0.4, -0.2) is 129 Å². The number of esters is 1. The van der Waals surface area contributed by atoms with Crippen molar-refractivity contribution in [2.24, 2.45) is 17.3 Å². The van der Waals surface area contributed by atoms with Crippen molar-refractivity contribution in [2.45, 2.75) is 118 Å². The van der Waals surface area contributed by atoms with Crippen LogP contribution in [0.1, 0.15) is 96.0 Å². The van der Waals surface area contributed by atoms with E-state index in [1.807, 2.05) is 40.2 Å². The summed E-state index contributed by atoms with van der Waals surface area (Å²) >= 11 is 0. The molecule has 4 aromatic rings. The SMILES string of the molecule is C=CC(=O)N1CC[C@H](C(=O)N(C)[C@H](C(=O)N[C@H]2Cc3cc(O)cc(c3)-c3ccc4c(c3)c(c(-c3cc(CN(C)C)cnc3C(C)C)n4CC)CC(C)(C)COC(=O)[C@@H]3CCCN(N3)C2=O)C(C)C)C1. The number of cyclic esters (lactones) is 1. The molecule has 0 aliphatic carbocycles. The van der Waals surface area contributed by atoms with Crippen LogP contribution in [0.2, 0.25) is 0 Å². The molecule has 2 aromatic carbocycles. The molecule has 370 valence electrons. The van der Waals surface area contributed by atoms with Gasteiger partial charge in [-0.05, 0) is 123 Å². The first-order valence-corrected chi connectivity index (χ1v) is 24.5. The van der Waals surface area contributed by atoms with Gasteiger partial charge < -0.3 is 34.4 Å². The fourth-order valence-corrected chi connectivity index (χ4v) is 10.5. The van der Waals surface area contributed by atoms with Crippen molar-refractivity contribution in [3.8, 4) is 28.1 Å². The maximum atomic E-state index is 14.8. The lowest BCUT2D eigenvalue weighted by Crippen LogP contribution is -2.62. The summed E-state index contributed by atoms with van der Waals surface area (Å²) in [6.07, 6.45) is 5.18. The summed E-state index contributed by atoms with van der Waals surface area (Å²) in [5.41, 5.74) is 11.2. The second kappa shape index (κ2) is 20.9. The smallest absolute Gasteiger partial charge is 0.324 e. The van der Waals surface area contributed by atoms with E-state index in [2.05, 4.69) is 85.7 Å². The Hall–Kier alpha value is -6.06. The van der Waals surface area contributed by atoms with Crippen LogP contribution in [0.15, 0.2) is 61.3 Å². The molecule has 69 heavy (non-hydrogen) atoms. The number of rotatable bonds is 11. The third-order valence-electron chi connectivity index (χ3n) is 13.8. The number of fused-ring (bicyclic) bond motifs is 6. The zero-order chi connectivity index (χ0) is 50.1. The molecular formula is C54H72N8O7. The Balaban J connectivity index is 1.33. The minimum atomic E-state index is -1.16. The number of carbonyl (C=O) groups is 5.